The van der Waals surface area contributed by atoms with Crippen LogP contribution < -0.4 is 15.4 Å². The molecule has 0 radical (unpaired) electrons. The summed E-state index contributed by atoms with van der Waals surface area (Å²) in [6, 6.07) is 9.24. The molecule has 1 unspecified atom stereocenters. The van der Waals surface area contributed by atoms with Gasteiger partial charge in [-0.25, -0.2) is 14.4 Å². The smallest absolute Gasteiger partial charge is 0.387 e. The number of nitrogens with one attached hydrogen (secondary N) is 2. The van der Waals surface area contributed by atoms with Crippen molar-refractivity contribution >= 4 is 46.5 Å². The van der Waals surface area contributed by atoms with Gasteiger partial charge < -0.3 is 15.0 Å². The van der Waals surface area contributed by atoms with E-state index >= 15 is 0 Å². The maximum atomic E-state index is 13.9. The molecule has 2 aromatic rings. The van der Waals surface area contributed by atoms with E-state index in [1.54, 1.807) is 36.2 Å². The lowest BCUT2D eigenvalue weighted by Gasteiger charge is -2.31. The SMILES string of the molecule is CCN(C(=O)[C@H]1C[C@@H](F)CN1)C1CN(C(=Nc2cccc(OC(F)F)c2)NC#N)N=C1c1ccc(Cl)c(Cl)c1. The largest absolute Gasteiger partial charge is 0.435 e. The van der Waals surface area contributed by atoms with E-state index in [2.05, 4.69) is 25.5 Å². The first-order valence-electron chi connectivity index (χ1n) is 12.0. The van der Waals surface area contributed by atoms with E-state index in [-0.39, 0.29) is 54.4 Å². The molecule has 0 saturated carbocycles. The zero-order valence-electron chi connectivity index (χ0n) is 20.6. The average molecular weight is 582 g/mol. The molecule has 14 heteroatoms. The molecule has 1 saturated heterocycles. The molecule has 2 heterocycles. The Kier molecular flexibility index (Phi) is 9.16. The maximum Gasteiger partial charge on any atom is 0.387 e. The summed E-state index contributed by atoms with van der Waals surface area (Å²) in [5.74, 6) is -0.418. The lowest BCUT2D eigenvalue weighted by molar-refractivity contribution is -0.134. The van der Waals surface area contributed by atoms with Crippen LogP contribution in [0.4, 0.5) is 18.9 Å². The van der Waals surface area contributed by atoms with Gasteiger partial charge in [-0.3, -0.25) is 10.1 Å². The van der Waals surface area contributed by atoms with Crippen LogP contribution in [0.15, 0.2) is 52.6 Å². The van der Waals surface area contributed by atoms with Gasteiger partial charge >= 0.3 is 6.61 Å². The number of carbonyl (C=O) groups excluding carboxylic acids is 1. The van der Waals surface area contributed by atoms with Gasteiger partial charge in [-0.2, -0.15) is 19.1 Å². The van der Waals surface area contributed by atoms with Gasteiger partial charge in [0.05, 0.1) is 40.1 Å². The van der Waals surface area contributed by atoms with Crippen LogP contribution >= 0.6 is 23.2 Å². The van der Waals surface area contributed by atoms with E-state index in [1.165, 1.54) is 29.3 Å². The molecule has 9 nitrogen and oxygen atoms in total. The van der Waals surface area contributed by atoms with Crippen molar-refractivity contribution in [3.63, 3.8) is 0 Å². The minimum atomic E-state index is -3.02. The van der Waals surface area contributed by atoms with Gasteiger partial charge in [0.15, 0.2) is 6.19 Å². The van der Waals surface area contributed by atoms with Crippen LogP contribution in [-0.4, -0.2) is 72.0 Å². The van der Waals surface area contributed by atoms with Crippen molar-refractivity contribution in [3.8, 4) is 11.9 Å². The first-order chi connectivity index (χ1) is 18.7. The van der Waals surface area contributed by atoms with Crippen LogP contribution in [0, 0.1) is 11.5 Å². The highest BCUT2D eigenvalue weighted by atomic mass is 35.5. The number of rotatable bonds is 7. The van der Waals surface area contributed by atoms with Crippen molar-refractivity contribution in [2.24, 2.45) is 10.1 Å². The highest BCUT2D eigenvalue weighted by molar-refractivity contribution is 6.42. The van der Waals surface area contributed by atoms with Crippen molar-refractivity contribution in [2.45, 2.75) is 38.2 Å². The van der Waals surface area contributed by atoms with Gasteiger partial charge in [-0.15, -0.1) is 0 Å². The Bertz CT molecular complexity index is 1320. The number of hydrogen-bond donors (Lipinski definition) is 2. The first kappa shape index (κ1) is 28.5. The van der Waals surface area contributed by atoms with E-state index in [1.807, 2.05) is 0 Å². The molecule has 4 rings (SSSR count). The summed E-state index contributed by atoms with van der Waals surface area (Å²) in [4.78, 5) is 19.4. The summed E-state index contributed by atoms with van der Waals surface area (Å²) >= 11 is 12.4. The summed E-state index contributed by atoms with van der Waals surface area (Å²) < 4.78 is 43.6. The molecule has 2 N–H and O–H groups in total. The fraction of sp³-hybridized carbons (Fsp3) is 0.360. The molecule has 0 aliphatic carbocycles. The number of halogens is 5. The summed E-state index contributed by atoms with van der Waals surface area (Å²) in [7, 11) is 0. The van der Waals surface area contributed by atoms with Crippen molar-refractivity contribution in [2.75, 3.05) is 19.6 Å². The molecule has 0 aromatic heterocycles. The van der Waals surface area contributed by atoms with Crippen LogP contribution in [0.2, 0.25) is 10.0 Å². The Balaban J connectivity index is 1.72. The Morgan fingerprint density at radius 3 is 2.77 bits per heavy atom. The molecule has 2 aliphatic heterocycles. The second-order valence-corrected chi connectivity index (χ2v) is 9.49. The van der Waals surface area contributed by atoms with Gasteiger partial charge in [-0.1, -0.05) is 35.3 Å². The van der Waals surface area contributed by atoms with Crippen LogP contribution in [0.1, 0.15) is 18.9 Å². The Morgan fingerprint density at radius 1 is 1.33 bits per heavy atom. The van der Waals surface area contributed by atoms with Gasteiger partial charge in [0.1, 0.15) is 11.9 Å². The fourth-order valence-corrected chi connectivity index (χ4v) is 4.73. The predicted octanol–water partition coefficient (Wildman–Crippen LogP) is 4.29. The Hall–Kier alpha value is -3.53. The molecular formula is C25H24Cl2F3N7O2. The summed E-state index contributed by atoms with van der Waals surface area (Å²) in [5.41, 5.74) is 1.24. The van der Waals surface area contributed by atoms with Crippen molar-refractivity contribution < 1.29 is 22.7 Å². The highest BCUT2D eigenvalue weighted by Gasteiger charge is 2.40. The number of nitrogens with zero attached hydrogens (tertiary/aromatic N) is 5. The fourth-order valence-electron chi connectivity index (χ4n) is 4.44. The molecule has 0 spiro atoms. The van der Waals surface area contributed by atoms with E-state index in [0.29, 0.717) is 16.3 Å². The molecule has 206 valence electrons. The van der Waals surface area contributed by atoms with E-state index in [0.717, 1.165) is 0 Å². The van der Waals surface area contributed by atoms with Crippen molar-refractivity contribution in [3.05, 3.63) is 58.1 Å². The van der Waals surface area contributed by atoms with Crippen LogP contribution in [0.25, 0.3) is 0 Å². The molecule has 2 aromatic carbocycles. The summed E-state index contributed by atoms with van der Waals surface area (Å²) in [6.45, 7) is -0.750. The number of amides is 1. The van der Waals surface area contributed by atoms with E-state index < -0.39 is 24.9 Å². The van der Waals surface area contributed by atoms with Crippen LogP contribution in [0.3, 0.4) is 0 Å². The lowest BCUT2D eigenvalue weighted by Crippen LogP contribution is -2.53. The normalized spacial score (nSPS) is 21.1. The Morgan fingerprint density at radius 2 is 2.13 bits per heavy atom. The number of benzene rings is 2. The van der Waals surface area contributed by atoms with Gasteiger partial charge in [0.2, 0.25) is 11.9 Å². The second-order valence-electron chi connectivity index (χ2n) is 8.68. The number of ether oxygens (including phenoxy) is 1. The molecule has 1 amide bonds. The van der Waals surface area contributed by atoms with E-state index in [9.17, 15) is 23.2 Å². The van der Waals surface area contributed by atoms with Gasteiger partial charge in [-0.05, 0) is 31.2 Å². The number of hydrazone groups is 1. The van der Waals surface area contributed by atoms with Crippen molar-refractivity contribution in [1.82, 2.24) is 20.5 Å². The number of alkyl halides is 3. The van der Waals surface area contributed by atoms with Crippen LogP contribution in [-0.2, 0) is 4.79 Å². The third-order valence-electron chi connectivity index (χ3n) is 6.17. The number of aliphatic imine (C=N–C) groups is 1. The standard InChI is InChI=1S/C25H24Cl2F3N7O2/c1-2-36(23(38)20-9-15(28)11-32-20)21-12-37(35-22(21)14-6-7-18(26)19(27)8-14)25(33-13-31)34-16-4-3-5-17(10-16)39-24(29)30/h3-8,10,15,20-21,24,32H,2,9,11-12H2,1H3,(H,33,34)/t15-,20-,21?/m1/s1. The monoisotopic (exact) mass is 581 g/mol. The number of nitriles is 1. The second kappa shape index (κ2) is 12.5. The minimum Gasteiger partial charge on any atom is -0.435 e. The molecule has 0 bridgehead atoms. The van der Waals surface area contributed by atoms with E-state index in [4.69, 9.17) is 23.2 Å². The molecule has 39 heavy (non-hydrogen) atoms. The summed E-state index contributed by atoms with van der Waals surface area (Å²) in [6.07, 6.45) is 0.739. The van der Waals surface area contributed by atoms with Crippen LogP contribution in [0.5, 0.6) is 5.75 Å². The molecule has 3 atom stereocenters. The number of likely N-dealkylation sites (N-methyl/N-ethyl adjacent to an activating group) is 1. The average Bonchev–Trinajstić information content (AvgIpc) is 3.53. The predicted molar refractivity (Wildman–Crippen MR) is 141 cm³/mol. The maximum absolute atomic E-state index is 13.9. The lowest BCUT2D eigenvalue weighted by atomic mass is 10.0. The zero-order chi connectivity index (χ0) is 28.1. The third-order valence-corrected chi connectivity index (χ3v) is 6.91. The van der Waals surface area contributed by atoms with Crippen molar-refractivity contribution in [1.29, 1.82) is 5.26 Å². The quantitative estimate of drug-likeness (QED) is 0.219. The Labute approximate surface area is 232 Å². The number of carbonyl (C=O) groups is 1. The number of hydrogen-bond acceptors (Lipinski definition) is 6. The molecule has 2 aliphatic rings. The zero-order valence-corrected chi connectivity index (χ0v) is 22.1. The highest BCUT2D eigenvalue weighted by Crippen LogP contribution is 2.28. The first-order valence-corrected chi connectivity index (χ1v) is 12.7. The minimum absolute atomic E-state index is 0.0157. The summed E-state index contributed by atoms with van der Waals surface area (Å²) in [5, 5.41) is 21.4. The van der Waals surface area contributed by atoms with Gasteiger partial charge in [0.25, 0.3) is 0 Å². The third kappa shape index (κ3) is 6.73. The molecular weight excluding hydrogens is 558 g/mol. The molecule has 1 fully saturated rings. The number of guanidine groups is 1. The topological polar surface area (TPSA) is 105 Å². The van der Waals surface area contributed by atoms with Gasteiger partial charge in [0, 0.05) is 31.1 Å².